The number of anilines is 2. The molecule has 1 aliphatic carbocycles. The molecule has 1 aliphatic heterocycles. The molecule has 0 atom stereocenters. The number of alkyl halides is 3. The number of halogens is 3. The Kier molecular flexibility index (Phi) is 10.4. The molecule has 2 aromatic carbocycles. The molecule has 1 amide bonds. The zero-order valence-electron chi connectivity index (χ0n) is 22.6. The first-order valence-electron chi connectivity index (χ1n) is 12.8. The first-order valence-corrected chi connectivity index (χ1v) is 13.2. The van der Waals surface area contributed by atoms with Gasteiger partial charge in [-0.05, 0) is 74.0 Å². The summed E-state index contributed by atoms with van der Waals surface area (Å²) >= 11 is 5.72. The monoisotopic (exact) mass is 580 g/mol. The SMILES string of the molecule is C#CC#CC#CC#CC#N.[C-]#[N+]c1ccc(N2C(=O)C3(CCCCCC3)N(c3ccc(C)cc3)C2=S)cc1C(F)(F)F. The van der Waals surface area contributed by atoms with Gasteiger partial charge in [0.25, 0.3) is 5.91 Å². The van der Waals surface area contributed by atoms with Crippen molar-refractivity contribution in [2.45, 2.75) is 57.2 Å². The fraction of sp³-hybridized carbons (Fsp3) is 0.273. The molecule has 9 heteroatoms. The summed E-state index contributed by atoms with van der Waals surface area (Å²) in [5, 5.41) is 8.08. The zero-order chi connectivity index (χ0) is 30.8. The van der Waals surface area contributed by atoms with Crippen molar-refractivity contribution >= 4 is 40.3 Å². The van der Waals surface area contributed by atoms with Crippen molar-refractivity contribution < 1.29 is 18.0 Å². The Bertz CT molecular complexity index is 1640. The maximum atomic E-state index is 13.9. The third-order valence-electron chi connectivity index (χ3n) is 6.74. The lowest BCUT2D eigenvalue weighted by Gasteiger charge is -2.35. The van der Waals surface area contributed by atoms with E-state index in [1.807, 2.05) is 36.1 Å². The van der Waals surface area contributed by atoms with Crippen LogP contribution in [0.1, 0.15) is 49.7 Å². The maximum absolute atomic E-state index is 13.9. The van der Waals surface area contributed by atoms with Gasteiger partial charge in [0, 0.05) is 35.1 Å². The van der Waals surface area contributed by atoms with Gasteiger partial charge in [0.1, 0.15) is 5.54 Å². The molecular formula is C33H23F3N4OS. The van der Waals surface area contributed by atoms with E-state index in [0.717, 1.165) is 49.1 Å². The highest BCUT2D eigenvalue weighted by molar-refractivity contribution is 7.81. The average Bonchev–Trinajstić information content (AvgIpc) is 3.11. The van der Waals surface area contributed by atoms with Gasteiger partial charge in [-0.25, -0.2) is 4.85 Å². The van der Waals surface area contributed by atoms with Crippen LogP contribution in [0, 0.1) is 72.7 Å². The normalized spacial score (nSPS) is 15.1. The summed E-state index contributed by atoms with van der Waals surface area (Å²) in [6.45, 7) is 9.04. The molecule has 5 nitrogen and oxygen atoms in total. The van der Waals surface area contributed by atoms with E-state index < -0.39 is 23.0 Å². The maximum Gasteiger partial charge on any atom is 0.407 e. The lowest BCUT2D eigenvalue weighted by Crippen LogP contribution is -2.49. The lowest BCUT2D eigenvalue weighted by atomic mass is 9.88. The van der Waals surface area contributed by atoms with Gasteiger partial charge in [-0.1, -0.05) is 49.4 Å². The highest BCUT2D eigenvalue weighted by Gasteiger charge is 2.56. The number of nitriles is 1. The molecule has 1 saturated carbocycles. The largest absolute Gasteiger partial charge is 0.407 e. The highest BCUT2D eigenvalue weighted by atomic mass is 32.1. The Labute approximate surface area is 249 Å². The van der Waals surface area contributed by atoms with Crippen LogP contribution in [0.5, 0.6) is 0 Å². The van der Waals surface area contributed by atoms with Gasteiger partial charge in [0.2, 0.25) is 0 Å². The molecule has 2 aliphatic rings. The Morgan fingerprint density at radius 3 is 2.07 bits per heavy atom. The molecule has 2 aromatic rings. The minimum absolute atomic E-state index is 0.0398. The second-order valence-corrected chi connectivity index (χ2v) is 9.72. The first-order chi connectivity index (χ1) is 20.1. The molecule has 0 N–H and O–H groups in total. The summed E-state index contributed by atoms with van der Waals surface area (Å²) in [6, 6.07) is 12.6. The van der Waals surface area contributed by atoms with E-state index in [-0.39, 0.29) is 16.7 Å². The molecule has 1 heterocycles. The number of amides is 1. The zero-order valence-corrected chi connectivity index (χ0v) is 23.4. The lowest BCUT2D eigenvalue weighted by molar-refractivity contribution is -0.136. The van der Waals surface area contributed by atoms with E-state index in [0.29, 0.717) is 12.8 Å². The number of carbonyl (C=O) groups excluding carboxylic acids is 1. The standard InChI is InChI=1S/C24H22F3N3OS.C9HN/c1-16-7-9-17(10-8-16)30-22(32)29(21(31)23(30)13-5-3-4-6-14-23)18-11-12-20(28-2)19(15-18)24(25,26)27;1-2-3-4-5-6-7-8-9-10/h7-12,15H,3-6,13-14H2,1H3;1H. The van der Waals surface area contributed by atoms with Gasteiger partial charge in [-0.2, -0.15) is 18.4 Å². The van der Waals surface area contributed by atoms with Crippen molar-refractivity contribution in [3.63, 3.8) is 0 Å². The number of carbonyl (C=O) groups is 1. The predicted octanol–water partition coefficient (Wildman–Crippen LogP) is 6.95. The van der Waals surface area contributed by atoms with Crippen molar-refractivity contribution in [2.24, 2.45) is 0 Å². The van der Waals surface area contributed by atoms with Crippen molar-refractivity contribution in [2.75, 3.05) is 9.80 Å². The number of hydrogen-bond donors (Lipinski definition) is 0. The second kappa shape index (κ2) is 13.9. The van der Waals surface area contributed by atoms with Crippen LogP contribution in [0.2, 0.25) is 0 Å². The minimum atomic E-state index is -4.71. The summed E-state index contributed by atoms with van der Waals surface area (Å²) in [6.07, 6.45) is 4.94. The Balaban J connectivity index is 0.000000416. The molecule has 4 rings (SSSR count). The summed E-state index contributed by atoms with van der Waals surface area (Å²) in [5.74, 6) is 15.4. The fourth-order valence-corrected chi connectivity index (χ4v) is 5.35. The Hall–Kier alpha value is -5.19. The van der Waals surface area contributed by atoms with Crippen LogP contribution >= 0.6 is 12.2 Å². The van der Waals surface area contributed by atoms with Crippen LogP contribution < -0.4 is 9.80 Å². The number of aryl methyl sites for hydroxylation is 1. The van der Waals surface area contributed by atoms with Crippen molar-refractivity contribution in [1.29, 1.82) is 5.26 Å². The van der Waals surface area contributed by atoms with E-state index in [1.54, 1.807) is 6.07 Å². The molecular weight excluding hydrogens is 557 g/mol. The van der Waals surface area contributed by atoms with Crippen LogP contribution in [-0.4, -0.2) is 16.6 Å². The summed E-state index contributed by atoms with van der Waals surface area (Å²) in [5.41, 5.74) is -0.631. The molecule has 0 unspecified atom stereocenters. The number of nitrogens with zero attached hydrogens (tertiary/aromatic N) is 4. The summed E-state index contributed by atoms with van der Waals surface area (Å²) in [4.78, 5) is 19.9. The molecule has 42 heavy (non-hydrogen) atoms. The van der Waals surface area contributed by atoms with Crippen molar-refractivity contribution in [1.82, 2.24) is 0 Å². The number of hydrogen-bond acceptors (Lipinski definition) is 3. The van der Waals surface area contributed by atoms with E-state index >= 15 is 0 Å². The minimum Gasteiger partial charge on any atom is -0.303 e. The van der Waals surface area contributed by atoms with Crippen LogP contribution in [0.25, 0.3) is 4.85 Å². The van der Waals surface area contributed by atoms with Crippen LogP contribution in [-0.2, 0) is 11.0 Å². The first kappa shape index (κ1) is 31.3. The molecule has 0 bridgehead atoms. The predicted molar refractivity (Wildman–Crippen MR) is 160 cm³/mol. The highest BCUT2D eigenvalue weighted by Crippen LogP contribution is 2.46. The Morgan fingerprint density at radius 2 is 1.52 bits per heavy atom. The third kappa shape index (κ3) is 6.92. The molecule has 1 saturated heterocycles. The number of benzene rings is 2. The molecule has 1 spiro atoms. The van der Waals surface area contributed by atoms with Gasteiger partial charge in [-0.15, -0.1) is 6.42 Å². The van der Waals surface area contributed by atoms with Gasteiger partial charge >= 0.3 is 6.18 Å². The van der Waals surface area contributed by atoms with Crippen LogP contribution in [0.4, 0.5) is 30.2 Å². The number of terminal acetylenes is 1. The summed E-state index contributed by atoms with van der Waals surface area (Å²) < 4.78 is 40.8. The Morgan fingerprint density at radius 1 is 0.952 bits per heavy atom. The van der Waals surface area contributed by atoms with Crippen molar-refractivity contribution in [3.8, 4) is 53.9 Å². The second-order valence-electron chi connectivity index (χ2n) is 9.36. The van der Waals surface area contributed by atoms with E-state index in [9.17, 15) is 18.0 Å². The number of thiocarbonyl (C=S) groups is 1. The topological polar surface area (TPSA) is 51.7 Å². The number of rotatable bonds is 2. The van der Waals surface area contributed by atoms with Gasteiger partial charge in [0.05, 0.1) is 12.1 Å². The average molecular weight is 581 g/mol. The van der Waals surface area contributed by atoms with Crippen LogP contribution in [0.3, 0.4) is 0 Å². The molecule has 2 fully saturated rings. The summed E-state index contributed by atoms with van der Waals surface area (Å²) in [7, 11) is 0. The van der Waals surface area contributed by atoms with E-state index in [4.69, 9.17) is 30.5 Å². The van der Waals surface area contributed by atoms with Crippen molar-refractivity contribution in [3.05, 3.63) is 65.0 Å². The molecule has 0 aromatic heterocycles. The van der Waals surface area contributed by atoms with Gasteiger partial charge in [-0.3, -0.25) is 9.69 Å². The smallest absolute Gasteiger partial charge is 0.303 e. The van der Waals surface area contributed by atoms with E-state index in [2.05, 4.69) is 46.3 Å². The van der Waals surface area contributed by atoms with Gasteiger partial charge < -0.3 is 4.90 Å². The quantitative estimate of drug-likeness (QED) is 0.219. The van der Waals surface area contributed by atoms with E-state index in [1.165, 1.54) is 11.0 Å². The molecule has 0 radical (unpaired) electrons. The molecule has 208 valence electrons. The fourth-order valence-electron chi connectivity index (χ4n) is 4.88. The third-order valence-corrected chi connectivity index (χ3v) is 7.10. The van der Waals surface area contributed by atoms with Crippen LogP contribution in [0.15, 0.2) is 42.5 Å². The van der Waals surface area contributed by atoms with Gasteiger partial charge in [0.15, 0.2) is 16.9 Å².